The Hall–Kier alpha value is -2.41. The van der Waals surface area contributed by atoms with Crippen LogP contribution in [0.5, 0.6) is 0 Å². The molecule has 1 heterocycles. The SMILES string of the molecule is O=C(O)C1CCCC(C(=O)Nc2ccc(C(=O)N3CCOCC3)cc2)C1. The van der Waals surface area contributed by atoms with Crippen LogP contribution in [0, 0.1) is 11.8 Å². The number of carboxylic acids is 1. The van der Waals surface area contributed by atoms with E-state index in [4.69, 9.17) is 9.84 Å². The molecule has 140 valence electrons. The summed E-state index contributed by atoms with van der Waals surface area (Å²) in [7, 11) is 0. The van der Waals surface area contributed by atoms with Gasteiger partial charge < -0.3 is 20.1 Å². The maximum absolute atomic E-state index is 12.4. The number of nitrogens with one attached hydrogen (secondary N) is 1. The Morgan fingerprint density at radius 3 is 2.35 bits per heavy atom. The van der Waals surface area contributed by atoms with E-state index in [9.17, 15) is 14.4 Å². The minimum Gasteiger partial charge on any atom is -0.481 e. The van der Waals surface area contributed by atoms with Gasteiger partial charge in [0.2, 0.25) is 5.91 Å². The topological polar surface area (TPSA) is 95.9 Å². The van der Waals surface area contributed by atoms with Gasteiger partial charge in [-0.05, 0) is 43.5 Å². The normalized spacial score (nSPS) is 23.3. The summed E-state index contributed by atoms with van der Waals surface area (Å²) >= 11 is 0. The number of amides is 2. The summed E-state index contributed by atoms with van der Waals surface area (Å²) in [6.07, 6.45) is 2.48. The molecule has 0 spiro atoms. The second-order valence-corrected chi connectivity index (χ2v) is 6.87. The van der Waals surface area contributed by atoms with Gasteiger partial charge in [0.25, 0.3) is 5.91 Å². The predicted molar refractivity (Wildman–Crippen MR) is 94.9 cm³/mol. The first kappa shape index (κ1) is 18.4. The number of aliphatic carboxylic acids is 1. The van der Waals surface area contributed by atoms with Crippen LogP contribution in [0.1, 0.15) is 36.0 Å². The van der Waals surface area contributed by atoms with Crippen LogP contribution in [0.2, 0.25) is 0 Å². The molecule has 3 rings (SSSR count). The van der Waals surface area contributed by atoms with E-state index in [2.05, 4.69) is 5.32 Å². The van der Waals surface area contributed by atoms with Crippen LogP contribution in [0.3, 0.4) is 0 Å². The first-order chi connectivity index (χ1) is 12.5. The van der Waals surface area contributed by atoms with Crippen LogP contribution in [0.4, 0.5) is 5.69 Å². The second kappa shape index (κ2) is 8.31. The van der Waals surface area contributed by atoms with E-state index >= 15 is 0 Å². The molecular weight excluding hydrogens is 336 g/mol. The molecule has 1 aromatic rings. The van der Waals surface area contributed by atoms with Gasteiger partial charge in [-0.1, -0.05) is 6.42 Å². The van der Waals surface area contributed by atoms with E-state index in [0.29, 0.717) is 56.8 Å². The molecule has 0 bridgehead atoms. The zero-order valence-corrected chi connectivity index (χ0v) is 14.6. The van der Waals surface area contributed by atoms with E-state index in [1.807, 2.05) is 0 Å². The smallest absolute Gasteiger partial charge is 0.306 e. The molecule has 0 aromatic heterocycles. The Kier molecular flexibility index (Phi) is 5.88. The first-order valence-electron chi connectivity index (χ1n) is 9.05. The lowest BCUT2D eigenvalue weighted by atomic mass is 9.81. The zero-order valence-electron chi connectivity index (χ0n) is 14.6. The van der Waals surface area contributed by atoms with Gasteiger partial charge in [-0.3, -0.25) is 14.4 Å². The van der Waals surface area contributed by atoms with Gasteiger partial charge in [0.1, 0.15) is 0 Å². The Bertz CT molecular complexity index is 667. The quantitative estimate of drug-likeness (QED) is 0.856. The number of hydrogen-bond donors (Lipinski definition) is 2. The Labute approximate surface area is 152 Å². The number of hydrogen-bond acceptors (Lipinski definition) is 4. The predicted octanol–water partition coefficient (Wildman–Crippen LogP) is 1.99. The van der Waals surface area contributed by atoms with Crippen LogP contribution in [0.15, 0.2) is 24.3 Å². The van der Waals surface area contributed by atoms with Gasteiger partial charge >= 0.3 is 5.97 Å². The van der Waals surface area contributed by atoms with E-state index in [0.717, 1.165) is 6.42 Å². The van der Waals surface area contributed by atoms with Crippen LogP contribution in [-0.4, -0.2) is 54.1 Å². The van der Waals surface area contributed by atoms with Crippen LogP contribution in [-0.2, 0) is 14.3 Å². The first-order valence-corrected chi connectivity index (χ1v) is 9.05. The molecule has 1 aliphatic carbocycles. The lowest BCUT2D eigenvalue weighted by molar-refractivity contribution is -0.143. The lowest BCUT2D eigenvalue weighted by Gasteiger charge is -2.27. The minimum atomic E-state index is -0.825. The molecule has 7 heteroatoms. The lowest BCUT2D eigenvalue weighted by Crippen LogP contribution is -2.40. The molecule has 2 unspecified atom stereocenters. The Balaban J connectivity index is 1.57. The fourth-order valence-corrected chi connectivity index (χ4v) is 3.54. The van der Waals surface area contributed by atoms with Crippen molar-refractivity contribution in [2.24, 2.45) is 11.8 Å². The fourth-order valence-electron chi connectivity index (χ4n) is 3.54. The summed E-state index contributed by atoms with van der Waals surface area (Å²) in [5.74, 6) is -1.73. The molecule has 26 heavy (non-hydrogen) atoms. The van der Waals surface area contributed by atoms with Crippen LogP contribution < -0.4 is 5.32 Å². The number of nitrogens with zero attached hydrogens (tertiary/aromatic N) is 1. The van der Waals surface area contributed by atoms with Crippen molar-refractivity contribution in [3.8, 4) is 0 Å². The average Bonchev–Trinajstić information content (AvgIpc) is 2.68. The highest BCUT2D eigenvalue weighted by Crippen LogP contribution is 2.30. The van der Waals surface area contributed by atoms with Crippen molar-refractivity contribution in [2.75, 3.05) is 31.6 Å². The summed E-state index contributed by atoms with van der Waals surface area (Å²) < 4.78 is 5.25. The van der Waals surface area contributed by atoms with Crippen molar-refractivity contribution in [3.63, 3.8) is 0 Å². The minimum absolute atomic E-state index is 0.0391. The van der Waals surface area contributed by atoms with Crippen molar-refractivity contribution >= 4 is 23.5 Å². The number of carbonyl (C=O) groups is 3. The number of morpholine rings is 1. The van der Waals surface area contributed by atoms with Gasteiger partial charge in [-0.2, -0.15) is 0 Å². The van der Waals surface area contributed by atoms with E-state index < -0.39 is 11.9 Å². The number of anilines is 1. The van der Waals surface area contributed by atoms with Crippen molar-refractivity contribution in [2.45, 2.75) is 25.7 Å². The van der Waals surface area contributed by atoms with E-state index in [1.54, 1.807) is 29.2 Å². The van der Waals surface area contributed by atoms with Crippen molar-refractivity contribution in [3.05, 3.63) is 29.8 Å². The molecule has 7 nitrogen and oxygen atoms in total. The molecule has 2 amide bonds. The van der Waals surface area contributed by atoms with Gasteiger partial charge in [0, 0.05) is 30.3 Å². The highest BCUT2D eigenvalue weighted by atomic mass is 16.5. The molecule has 1 saturated heterocycles. The monoisotopic (exact) mass is 360 g/mol. The fraction of sp³-hybridized carbons (Fsp3) is 0.526. The number of rotatable bonds is 4. The standard InChI is InChI=1S/C19H24N2O5/c22-17(14-2-1-3-15(12-14)19(24)25)20-16-6-4-13(5-7-16)18(23)21-8-10-26-11-9-21/h4-7,14-15H,1-3,8-12H2,(H,20,22)(H,24,25). The zero-order chi connectivity index (χ0) is 18.5. The second-order valence-electron chi connectivity index (χ2n) is 6.87. The molecule has 2 atom stereocenters. The van der Waals surface area contributed by atoms with Crippen LogP contribution in [0.25, 0.3) is 0 Å². The van der Waals surface area contributed by atoms with Crippen LogP contribution >= 0.6 is 0 Å². The third-order valence-electron chi connectivity index (χ3n) is 5.09. The van der Waals surface area contributed by atoms with Crippen molar-refractivity contribution in [1.82, 2.24) is 4.90 Å². The number of benzene rings is 1. The summed E-state index contributed by atoms with van der Waals surface area (Å²) in [5.41, 5.74) is 1.19. The number of carboxylic acid groups (broad SMARTS) is 1. The maximum atomic E-state index is 12.4. The molecule has 2 fully saturated rings. The maximum Gasteiger partial charge on any atom is 0.306 e. The molecule has 0 radical (unpaired) electrons. The Morgan fingerprint density at radius 2 is 1.69 bits per heavy atom. The van der Waals surface area contributed by atoms with Gasteiger partial charge in [0.15, 0.2) is 0 Å². The highest BCUT2D eigenvalue weighted by Gasteiger charge is 2.31. The summed E-state index contributed by atoms with van der Waals surface area (Å²) in [4.78, 5) is 37.7. The third kappa shape index (κ3) is 4.40. The van der Waals surface area contributed by atoms with E-state index in [-0.39, 0.29) is 17.7 Å². The summed E-state index contributed by atoms with van der Waals surface area (Å²) in [5, 5.41) is 12.0. The molecule has 1 aliphatic heterocycles. The summed E-state index contributed by atoms with van der Waals surface area (Å²) in [6, 6.07) is 6.83. The van der Waals surface area contributed by atoms with E-state index in [1.165, 1.54) is 0 Å². The van der Waals surface area contributed by atoms with Gasteiger partial charge in [-0.25, -0.2) is 0 Å². The molecule has 1 aromatic carbocycles. The summed E-state index contributed by atoms with van der Waals surface area (Å²) in [6.45, 7) is 2.28. The highest BCUT2D eigenvalue weighted by molar-refractivity contribution is 5.96. The van der Waals surface area contributed by atoms with Gasteiger partial charge in [-0.15, -0.1) is 0 Å². The van der Waals surface area contributed by atoms with Crippen molar-refractivity contribution in [1.29, 1.82) is 0 Å². The number of carbonyl (C=O) groups excluding carboxylic acids is 2. The number of ether oxygens (including phenoxy) is 1. The molecule has 1 saturated carbocycles. The largest absolute Gasteiger partial charge is 0.481 e. The van der Waals surface area contributed by atoms with Crippen molar-refractivity contribution < 1.29 is 24.2 Å². The Morgan fingerprint density at radius 1 is 1.04 bits per heavy atom. The van der Waals surface area contributed by atoms with Gasteiger partial charge in [0.05, 0.1) is 19.1 Å². The molecule has 2 N–H and O–H groups in total. The third-order valence-corrected chi connectivity index (χ3v) is 5.09. The molecule has 2 aliphatic rings. The molecular formula is C19H24N2O5. The average molecular weight is 360 g/mol.